The Morgan fingerprint density at radius 2 is 2.17 bits per heavy atom. The molecular weight excluding hydrogens is 340 g/mol. The van der Waals surface area contributed by atoms with E-state index < -0.39 is 17.2 Å². The van der Waals surface area contributed by atoms with Gasteiger partial charge in [-0.2, -0.15) is 0 Å². The van der Waals surface area contributed by atoms with Gasteiger partial charge in [0.15, 0.2) is 0 Å². The predicted molar refractivity (Wildman–Crippen MR) is 83.6 cm³/mol. The lowest BCUT2D eigenvalue weighted by molar-refractivity contribution is 0.100. The molecule has 2 N–H and O–H groups in total. The molecule has 0 spiro atoms. The van der Waals surface area contributed by atoms with Crippen molar-refractivity contribution in [2.45, 2.75) is 0 Å². The number of aromatic nitrogens is 2. The third-order valence-corrected chi connectivity index (χ3v) is 4.50. The van der Waals surface area contributed by atoms with E-state index in [1.54, 1.807) is 35.7 Å². The van der Waals surface area contributed by atoms with Crippen LogP contribution >= 0.6 is 11.3 Å². The van der Waals surface area contributed by atoms with Crippen molar-refractivity contribution in [3.05, 3.63) is 47.5 Å². The number of carbonyl (C=O) groups is 1. The summed E-state index contributed by atoms with van der Waals surface area (Å²) in [5.41, 5.74) is 5.68. The van der Waals surface area contributed by atoms with Crippen molar-refractivity contribution >= 4 is 39.4 Å². The maximum atomic E-state index is 11.8. The maximum Gasteiger partial charge on any atom is 0.257 e. The van der Waals surface area contributed by atoms with Gasteiger partial charge in [-0.05, 0) is 29.6 Å². The fraction of sp³-hybridized carbons (Fsp3) is 0. The second kappa shape index (κ2) is 6.28. The minimum Gasteiger partial charge on any atom is -0.755 e. The Hall–Kier alpha value is -2.56. The third-order valence-electron chi connectivity index (χ3n) is 2.87. The van der Waals surface area contributed by atoms with E-state index in [9.17, 15) is 13.6 Å². The molecule has 8 nitrogen and oxygen atoms in total. The van der Waals surface area contributed by atoms with Crippen molar-refractivity contribution in [2.24, 2.45) is 5.73 Å². The minimum absolute atomic E-state index is 0.0834. The summed E-state index contributed by atoms with van der Waals surface area (Å²) in [6.07, 6.45) is 1.51. The summed E-state index contributed by atoms with van der Waals surface area (Å²) < 4.78 is 29.1. The van der Waals surface area contributed by atoms with Crippen LogP contribution in [0.2, 0.25) is 0 Å². The van der Waals surface area contributed by atoms with E-state index in [0.717, 1.165) is 15.6 Å². The van der Waals surface area contributed by atoms with Gasteiger partial charge in [0.05, 0.1) is 17.0 Å². The van der Waals surface area contributed by atoms with E-state index in [0.29, 0.717) is 10.7 Å². The van der Waals surface area contributed by atoms with Gasteiger partial charge in [0.25, 0.3) is 11.8 Å². The predicted octanol–water partition coefficient (Wildman–Crippen LogP) is 1.83. The number of nitrogens with two attached hydrogens (primary N) is 1. The number of anilines is 2. The van der Waals surface area contributed by atoms with Crippen LogP contribution in [-0.4, -0.2) is 24.8 Å². The number of carbonyl (C=O) groups excluding carboxylic acids is 1. The van der Waals surface area contributed by atoms with Gasteiger partial charge in [0, 0.05) is 6.20 Å². The standard InChI is InChI=1S/C13H10N4O4S2/c14-12(18)10-11(8-4-1-2-6-15-8)16-21-13(10)17(23(19)20)9-5-3-7-22-9/h1-7H,(H2,14,18)(H,19,20)/p-1. The summed E-state index contributed by atoms with van der Waals surface area (Å²) in [6, 6.07) is 8.23. The zero-order valence-electron chi connectivity index (χ0n) is 11.4. The molecule has 3 aromatic heterocycles. The van der Waals surface area contributed by atoms with E-state index in [2.05, 4.69) is 10.1 Å². The first-order valence-corrected chi connectivity index (χ1v) is 8.14. The van der Waals surface area contributed by atoms with Crippen LogP contribution in [0.15, 0.2) is 46.4 Å². The van der Waals surface area contributed by atoms with Crippen molar-refractivity contribution in [3.63, 3.8) is 0 Å². The van der Waals surface area contributed by atoms with Crippen molar-refractivity contribution < 1.29 is 18.1 Å². The summed E-state index contributed by atoms with van der Waals surface area (Å²) in [6.45, 7) is 0. The summed E-state index contributed by atoms with van der Waals surface area (Å²) in [7, 11) is 0. The molecule has 0 aliphatic carbocycles. The molecule has 0 saturated carbocycles. The Morgan fingerprint density at radius 3 is 2.74 bits per heavy atom. The van der Waals surface area contributed by atoms with Crippen LogP contribution in [-0.2, 0) is 11.3 Å². The smallest absolute Gasteiger partial charge is 0.257 e. The van der Waals surface area contributed by atoms with E-state index in [-0.39, 0.29) is 17.1 Å². The zero-order valence-corrected chi connectivity index (χ0v) is 13.0. The molecule has 118 valence electrons. The molecule has 3 rings (SSSR count). The summed E-state index contributed by atoms with van der Waals surface area (Å²) in [5, 5.41) is 5.80. The number of nitrogens with zero attached hydrogens (tertiary/aromatic N) is 3. The van der Waals surface area contributed by atoms with Gasteiger partial charge in [-0.25, -0.2) is 4.31 Å². The molecule has 0 aliphatic heterocycles. The first-order chi connectivity index (χ1) is 11.1. The molecule has 23 heavy (non-hydrogen) atoms. The number of rotatable bonds is 5. The van der Waals surface area contributed by atoms with Crippen LogP contribution in [0.1, 0.15) is 10.4 Å². The Kier molecular flexibility index (Phi) is 4.19. The number of thiophene rings is 1. The zero-order chi connectivity index (χ0) is 16.4. The Morgan fingerprint density at radius 1 is 1.35 bits per heavy atom. The van der Waals surface area contributed by atoms with Crippen molar-refractivity contribution in [3.8, 4) is 11.4 Å². The van der Waals surface area contributed by atoms with Gasteiger partial charge in [-0.1, -0.05) is 11.2 Å². The molecule has 3 heterocycles. The Bertz CT molecular complexity index is 848. The second-order valence-electron chi connectivity index (χ2n) is 4.25. The minimum atomic E-state index is -2.72. The fourth-order valence-corrected chi connectivity index (χ4v) is 3.36. The van der Waals surface area contributed by atoms with Crippen LogP contribution < -0.4 is 10.0 Å². The van der Waals surface area contributed by atoms with Gasteiger partial charge in [-0.15, -0.1) is 11.3 Å². The third kappa shape index (κ3) is 2.86. The highest BCUT2D eigenvalue weighted by atomic mass is 32.2. The molecular formula is C13H9N4O4S2-. The van der Waals surface area contributed by atoms with Crippen LogP contribution in [0.4, 0.5) is 10.9 Å². The van der Waals surface area contributed by atoms with Crippen LogP contribution in [0.3, 0.4) is 0 Å². The first kappa shape index (κ1) is 15.3. The molecule has 0 aromatic carbocycles. The number of pyridine rings is 1. The molecule has 3 aromatic rings. The first-order valence-electron chi connectivity index (χ1n) is 6.23. The molecule has 0 bridgehead atoms. The lowest BCUT2D eigenvalue weighted by Crippen LogP contribution is -2.22. The van der Waals surface area contributed by atoms with E-state index >= 15 is 0 Å². The number of amides is 1. The summed E-state index contributed by atoms with van der Waals surface area (Å²) in [4.78, 5) is 15.9. The topological polar surface area (TPSA) is 125 Å². The molecule has 0 saturated heterocycles. The normalized spacial score (nSPS) is 12.0. The molecule has 0 fully saturated rings. The van der Waals surface area contributed by atoms with E-state index in [1.807, 2.05) is 0 Å². The second-order valence-corrected chi connectivity index (χ2v) is 5.98. The monoisotopic (exact) mass is 349 g/mol. The van der Waals surface area contributed by atoms with Gasteiger partial charge in [0.2, 0.25) is 0 Å². The summed E-state index contributed by atoms with van der Waals surface area (Å²) >= 11 is -1.56. The molecule has 1 unspecified atom stereocenters. The largest absolute Gasteiger partial charge is 0.755 e. The van der Waals surface area contributed by atoms with Crippen LogP contribution in [0, 0.1) is 0 Å². The highest BCUT2D eigenvalue weighted by Gasteiger charge is 2.29. The van der Waals surface area contributed by atoms with Crippen LogP contribution in [0.5, 0.6) is 0 Å². The fourth-order valence-electron chi connectivity index (χ4n) is 1.95. The highest BCUT2D eigenvalue weighted by molar-refractivity contribution is 7.81. The quantitative estimate of drug-likeness (QED) is 0.700. The van der Waals surface area contributed by atoms with Crippen molar-refractivity contribution in [1.82, 2.24) is 10.1 Å². The maximum absolute atomic E-state index is 11.8. The molecule has 1 amide bonds. The van der Waals surface area contributed by atoms with E-state index in [4.69, 9.17) is 10.3 Å². The van der Waals surface area contributed by atoms with Gasteiger partial charge < -0.3 is 14.8 Å². The average Bonchev–Trinajstić information content (AvgIpc) is 3.18. The number of hydrogen-bond donors (Lipinski definition) is 1. The molecule has 1 atom stereocenters. The van der Waals surface area contributed by atoms with Crippen molar-refractivity contribution in [1.29, 1.82) is 0 Å². The lowest BCUT2D eigenvalue weighted by Gasteiger charge is -2.21. The average molecular weight is 349 g/mol. The van der Waals surface area contributed by atoms with Crippen LogP contribution in [0.25, 0.3) is 11.4 Å². The number of hydrogen-bond acceptors (Lipinski definition) is 7. The Labute approximate surface area is 137 Å². The van der Waals surface area contributed by atoms with Gasteiger partial charge in [-0.3, -0.25) is 14.0 Å². The van der Waals surface area contributed by atoms with Crippen molar-refractivity contribution in [2.75, 3.05) is 4.31 Å². The lowest BCUT2D eigenvalue weighted by atomic mass is 10.1. The van der Waals surface area contributed by atoms with E-state index in [1.165, 1.54) is 6.20 Å². The molecule has 0 aliphatic rings. The van der Waals surface area contributed by atoms with Gasteiger partial charge in [0.1, 0.15) is 16.3 Å². The summed E-state index contributed by atoms with van der Waals surface area (Å²) in [5.74, 6) is -1.14. The number of primary amides is 1. The highest BCUT2D eigenvalue weighted by Crippen LogP contribution is 2.36. The Balaban J connectivity index is 2.18. The molecule has 0 radical (unpaired) electrons. The SMILES string of the molecule is NC(=O)c1c(-c2ccccn2)noc1N(c1cccs1)S(=O)[O-]. The molecule has 10 heteroatoms. The van der Waals surface area contributed by atoms with Gasteiger partial charge >= 0.3 is 0 Å².